The summed E-state index contributed by atoms with van der Waals surface area (Å²) >= 11 is 0. The number of anilines is 2. The van der Waals surface area contributed by atoms with Gasteiger partial charge >= 0.3 is 0 Å². The van der Waals surface area contributed by atoms with E-state index in [-0.39, 0.29) is 11.9 Å². The average Bonchev–Trinajstić information content (AvgIpc) is 3.33. The lowest BCUT2D eigenvalue weighted by atomic mass is 9.64. The molecule has 0 spiro atoms. The van der Waals surface area contributed by atoms with Crippen LogP contribution in [-0.2, 0) is 27.8 Å². The summed E-state index contributed by atoms with van der Waals surface area (Å²) in [6, 6.07) is 18.0. The molecule has 2 amide bonds. The third-order valence-corrected chi connectivity index (χ3v) is 7.17. The summed E-state index contributed by atoms with van der Waals surface area (Å²) in [7, 11) is 0. The summed E-state index contributed by atoms with van der Waals surface area (Å²) in [5.74, 6) is -0.303. The molecule has 1 aliphatic carbocycles. The number of hydrogen-bond donors (Lipinski definition) is 3. The van der Waals surface area contributed by atoms with Crippen LogP contribution in [0, 0.1) is 5.82 Å². The quantitative estimate of drug-likeness (QED) is 0.403. The number of carbonyl (C=O) groups excluding carboxylic acids is 2. The predicted octanol–water partition coefficient (Wildman–Crippen LogP) is 4.33. The molecule has 5 rings (SSSR count). The third-order valence-electron chi connectivity index (χ3n) is 7.17. The maximum Gasteiger partial charge on any atom is 0.211 e. The first kappa shape index (κ1) is 24.5. The fourth-order valence-corrected chi connectivity index (χ4v) is 5.68. The SMILES string of the molecule is C[C@@H](N)CC1(C2=NN=C(c3ccc(F)cc3)C2)c2ccc(NC=O)cc2CCc2cc(NC=O)ccc21. The molecule has 0 unspecified atom stereocenters. The van der Waals surface area contributed by atoms with E-state index in [1.807, 2.05) is 31.2 Å². The van der Waals surface area contributed by atoms with Crippen LogP contribution in [0.3, 0.4) is 0 Å². The van der Waals surface area contributed by atoms with Gasteiger partial charge in [-0.05, 0) is 90.4 Å². The minimum atomic E-state index is -0.681. The second kappa shape index (κ2) is 10.1. The van der Waals surface area contributed by atoms with Gasteiger partial charge in [-0.2, -0.15) is 10.2 Å². The van der Waals surface area contributed by atoms with Crippen LogP contribution >= 0.6 is 0 Å². The fourth-order valence-electron chi connectivity index (χ4n) is 5.68. The van der Waals surface area contributed by atoms with Crippen molar-refractivity contribution >= 4 is 35.6 Å². The van der Waals surface area contributed by atoms with Gasteiger partial charge in [0.15, 0.2) is 0 Å². The Labute approximate surface area is 214 Å². The predicted molar refractivity (Wildman–Crippen MR) is 144 cm³/mol. The second-order valence-electron chi connectivity index (χ2n) is 9.63. The summed E-state index contributed by atoms with van der Waals surface area (Å²) in [6.45, 7) is 1.98. The Bertz CT molecular complexity index is 1350. The Morgan fingerprint density at radius 3 is 2.00 bits per heavy atom. The normalized spacial score (nSPS) is 16.4. The fraction of sp³-hybridized carbons (Fsp3) is 0.241. The lowest BCUT2D eigenvalue weighted by Gasteiger charge is -2.38. The van der Waals surface area contributed by atoms with E-state index in [4.69, 9.17) is 10.8 Å². The first-order valence-electron chi connectivity index (χ1n) is 12.3. The maximum absolute atomic E-state index is 13.6. The molecule has 3 aromatic carbocycles. The molecule has 1 heterocycles. The molecule has 2 aliphatic rings. The van der Waals surface area contributed by atoms with E-state index in [0.717, 1.165) is 52.1 Å². The number of amides is 2. The molecule has 7 nitrogen and oxygen atoms in total. The van der Waals surface area contributed by atoms with E-state index < -0.39 is 5.41 Å². The largest absolute Gasteiger partial charge is 0.329 e. The molecule has 1 aliphatic heterocycles. The van der Waals surface area contributed by atoms with E-state index in [1.165, 1.54) is 12.1 Å². The number of halogens is 1. The number of nitrogens with zero attached hydrogens (tertiary/aromatic N) is 2. The standard InChI is InChI=1S/C29H28FN5O2/c1-18(31)15-29(28-14-27(34-35-28)19-4-6-22(30)7-5-19)25-10-8-23(32-16-36)12-20(25)2-3-21-13-24(33-17-37)9-11-26(21)29/h4-13,16-18H,2-3,14-15,31H2,1H3,(H,32,36)(H,33,37)/t18-/m1/s1. The van der Waals surface area contributed by atoms with Gasteiger partial charge in [-0.1, -0.05) is 24.3 Å². The molecule has 0 radical (unpaired) electrons. The summed E-state index contributed by atoms with van der Waals surface area (Å²) < 4.78 is 13.6. The van der Waals surface area contributed by atoms with E-state index in [1.54, 1.807) is 12.1 Å². The monoisotopic (exact) mass is 497 g/mol. The van der Waals surface area contributed by atoms with Crippen molar-refractivity contribution < 1.29 is 14.0 Å². The molecule has 8 heteroatoms. The van der Waals surface area contributed by atoms with Crippen molar-refractivity contribution in [3.8, 4) is 0 Å². The van der Waals surface area contributed by atoms with Crippen LogP contribution in [0.4, 0.5) is 15.8 Å². The van der Waals surface area contributed by atoms with Gasteiger partial charge in [-0.15, -0.1) is 0 Å². The van der Waals surface area contributed by atoms with Crippen LogP contribution in [0.15, 0.2) is 70.9 Å². The molecule has 0 saturated carbocycles. The smallest absolute Gasteiger partial charge is 0.211 e. The molecule has 0 aromatic heterocycles. The maximum atomic E-state index is 13.6. The molecular weight excluding hydrogens is 469 g/mol. The zero-order valence-corrected chi connectivity index (χ0v) is 20.5. The van der Waals surface area contributed by atoms with Crippen LogP contribution in [0.1, 0.15) is 47.6 Å². The number of fused-ring (bicyclic) bond motifs is 2. The Morgan fingerprint density at radius 2 is 1.49 bits per heavy atom. The third kappa shape index (κ3) is 4.56. The van der Waals surface area contributed by atoms with Gasteiger partial charge in [0.25, 0.3) is 0 Å². The van der Waals surface area contributed by atoms with E-state index in [9.17, 15) is 14.0 Å². The number of hydrogen-bond acceptors (Lipinski definition) is 5. The zero-order chi connectivity index (χ0) is 26.0. The minimum absolute atomic E-state index is 0.170. The van der Waals surface area contributed by atoms with Gasteiger partial charge in [0.2, 0.25) is 12.8 Å². The van der Waals surface area contributed by atoms with Gasteiger partial charge in [-0.3, -0.25) is 9.59 Å². The highest BCUT2D eigenvalue weighted by molar-refractivity contribution is 6.19. The summed E-state index contributed by atoms with van der Waals surface area (Å²) in [5, 5.41) is 14.8. The molecule has 37 heavy (non-hydrogen) atoms. The number of rotatable bonds is 8. The highest BCUT2D eigenvalue weighted by Gasteiger charge is 2.46. The molecular formula is C29H28FN5O2. The number of benzene rings is 3. The zero-order valence-electron chi connectivity index (χ0n) is 20.5. The summed E-state index contributed by atoms with van der Waals surface area (Å²) in [4.78, 5) is 22.3. The minimum Gasteiger partial charge on any atom is -0.329 e. The molecule has 0 fully saturated rings. The van der Waals surface area contributed by atoms with Gasteiger partial charge in [-0.25, -0.2) is 4.39 Å². The van der Waals surface area contributed by atoms with E-state index >= 15 is 0 Å². The average molecular weight is 498 g/mol. The summed E-state index contributed by atoms with van der Waals surface area (Å²) in [5.41, 5.74) is 14.0. The van der Waals surface area contributed by atoms with Gasteiger partial charge < -0.3 is 16.4 Å². The van der Waals surface area contributed by atoms with Crippen LogP contribution in [0.5, 0.6) is 0 Å². The number of aryl methyl sites for hydroxylation is 2. The first-order chi connectivity index (χ1) is 17.9. The number of nitrogens with two attached hydrogens (primary N) is 1. The number of carbonyl (C=O) groups is 2. The van der Waals surface area contributed by atoms with Gasteiger partial charge in [0, 0.05) is 23.8 Å². The van der Waals surface area contributed by atoms with Crippen LogP contribution < -0.4 is 16.4 Å². The van der Waals surface area contributed by atoms with Crippen molar-refractivity contribution in [2.24, 2.45) is 15.9 Å². The highest BCUT2D eigenvalue weighted by atomic mass is 19.1. The highest BCUT2D eigenvalue weighted by Crippen LogP contribution is 2.47. The Balaban J connectivity index is 1.69. The topological polar surface area (TPSA) is 109 Å². The van der Waals surface area contributed by atoms with Crippen molar-refractivity contribution in [1.82, 2.24) is 0 Å². The molecule has 3 aromatic rings. The molecule has 0 bridgehead atoms. The molecule has 188 valence electrons. The van der Waals surface area contributed by atoms with Crippen LogP contribution in [0.25, 0.3) is 0 Å². The summed E-state index contributed by atoms with van der Waals surface area (Å²) in [6.07, 6.45) is 3.88. The Hall–Kier alpha value is -4.17. The molecule has 1 atom stereocenters. The Kier molecular flexibility index (Phi) is 6.67. The Morgan fingerprint density at radius 1 is 0.919 bits per heavy atom. The van der Waals surface area contributed by atoms with Crippen LogP contribution in [0.2, 0.25) is 0 Å². The first-order valence-corrected chi connectivity index (χ1v) is 12.3. The second-order valence-corrected chi connectivity index (χ2v) is 9.63. The van der Waals surface area contributed by atoms with E-state index in [0.29, 0.717) is 37.0 Å². The van der Waals surface area contributed by atoms with Crippen molar-refractivity contribution in [3.63, 3.8) is 0 Å². The molecule has 4 N–H and O–H groups in total. The van der Waals surface area contributed by atoms with Crippen molar-refractivity contribution in [2.75, 3.05) is 10.6 Å². The van der Waals surface area contributed by atoms with E-state index in [2.05, 4.69) is 27.9 Å². The van der Waals surface area contributed by atoms with Gasteiger partial charge in [0.1, 0.15) is 5.82 Å². The lowest BCUT2D eigenvalue weighted by molar-refractivity contribution is -0.106. The van der Waals surface area contributed by atoms with Gasteiger partial charge in [0.05, 0.1) is 16.8 Å². The van der Waals surface area contributed by atoms with Crippen LogP contribution in [-0.4, -0.2) is 30.3 Å². The lowest BCUT2D eigenvalue weighted by Crippen LogP contribution is -2.42. The molecule has 0 saturated heterocycles. The van der Waals surface area contributed by atoms with Crippen molar-refractivity contribution in [2.45, 2.75) is 44.1 Å². The number of nitrogens with one attached hydrogen (secondary N) is 2. The van der Waals surface area contributed by atoms with Crippen molar-refractivity contribution in [3.05, 3.63) is 94.3 Å². The van der Waals surface area contributed by atoms with Crippen molar-refractivity contribution in [1.29, 1.82) is 0 Å².